The Morgan fingerprint density at radius 2 is 2.07 bits per heavy atom. The molecule has 0 spiro atoms. The second-order valence-electron chi connectivity index (χ2n) is 8.71. The topological polar surface area (TPSA) is 79.2 Å². The van der Waals surface area contributed by atoms with Crippen molar-refractivity contribution >= 4 is 0 Å². The van der Waals surface area contributed by atoms with Crippen molar-refractivity contribution in [3.05, 3.63) is 54.2 Å². The number of ether oxygens (including phenoxy) is 1. The number of aromatic nitrogens is 4. The molecule has 2 atom stereocenters. The fourth-order valence-electron chi connectivity index (χ4n) is 5.49. The molecule has 5 rings (SSSR count). The summed E-state index contributed by atoms with van der Waals surface area (Å²) in [5, 5.41) is 19.3. The Morgan fingerprint density at radius 3 is 2.77 bits per heavy atom. The molecule has 1 aromatic carbocycles. The Hall–Kier alpha value is -2.64. The summed E-state index contributed by atoms with van der Waals surface area (Å²) in [5.41, 5.74) is 2.44. The van der Waals surface area contributed by atoms with Crippen molar-refractivity contribution in [1.82, 2.24) is 24.6 Å². The van der Waals surface area contributed by atoms with Crippen LogP contribution >= 0.6 is 0 Å². The van der Waals surface area contributed by atoms with Crippen LogP contribution in [0, 0.1) is 11.8 Å². The number of nitrogens with one attached hydrogen (secondary N) is 1. The van der Waals surface area contributed by atoms with E-state index in [0.717, 1.165) is 55.3 Å². The van der Waals surface area contributed by atoms with E-state index in [1.54, 1.807) is 13.3 Å². The maximum atomic E-state index is 11.8. The van der Waals surface area contributed by atoms with E-state index in [1.807, 2.05) is 42.2 Å². The van der Waals surface area contributed by atoms with E-state index in [0.29, 0.717) is 0 Å². The summed E-state index contributed by atoms with van der Waals surface area (Å²) in [5.74, 6) is 2.04. The summed E-state index contributed by atoms with van der Waals surface area (Å²) in [4.78, 5) is 7.00. The van der Waals surface area contributed by atoms with Gasteiger partial charge < -0.3 is 14.4 Å². The van der Waals surface area contributed by atoms with Gasteiger partial charge in [0.2, 0.25) is 0 Å². The zero-order valence-electron chi connectivity index (χ0n) is 17.6. The number of aliphatic hydroxyl groups is 1. The first-order valence-electron chi connectivity index (χ1n) is 10.7. The lowest BCUT2D eigenvalue weighted by Gasteiger charge is -2.52. The number of aromatic amines is 1. The Balaban J connectivity index is 1.39. The molecule has 2 unspecified atom stereocenters. The van der Waals surface area contributed by atoms with E-state index in [9.17, 15) is 5.11 Å². The Bertz CT molecular complexity index is 1010. The van der Waals surface area contributed by atoms with Gasteiger partial charge in [0.05, 0.1) is 19.0 Å². The smallest absolute Gasteiger partial charge is 0.141 e. The average molecular weight is 408 g/mol. The number of H-pyrrole nitrogens is 1. The lowest BCUT2D eigenvalue weighted by atomic mass is 9.65. The molecular weight excluding hydrogens is 378 g/mol. The maximum Gasteiger partial charge on any atom is 0.141 e. The number of likely N-dealkylation sites (tertiary alicyclic amines) is 1. The van der Waals surface area contributed by atoms with E-state index < -0.39 is 5.60 Å². The van der Waals surface area contributed by atoms with Crippen LogP contribution in [0.5, 0.6) is 5.75 Å². The van der Waals surface area contributed by atoms with Gasteiger partial charge >= 0.3 is 0 Å². The number of hydrogen-bond acceptors (Lipinski definition) is 5. The van der Waals surface area contributed by atoms with Gasteiger partial charge in [0, 0.05) is 62.0 Å². The number of aryl methyl sites for hydroxylation is 1. The average Bonchev–Trinajstić information content (AvgIpc) is 3.38. The van der Waals surface area contributed by atoms with Crippen LogP contribution in [0.2, 0.25) is 0 Å². The number of fused-ring (bicyclic) bond motifs is 2. The highest BCUT2D eigenvalue weighted by Gasteiger charge is 2.53. The fourth-order valence-corrected chi connectivity index (χ4v) is 5.49. The standard InChI is InChI=1S/C23H29N5O2/c1-27-10-9-24-22(27)23(29)18-6-4-7-19(23)15-28(14-18)13-17-12-25-26-21(17)16-5-3-8-20(11-16)30-2/h3,5,8-12,18-19,29H,4,6-7,13-15H2,1-2H3,(H,25,26). The van der Waals surface area contributed by atoms with Gasteiger partial charge in [0.1, 0.15) is 17.2 Å². The molecule has 1 saturated heterocycles. The maximum absolute atomic E-state index is 11.8. The summed E-state index contributed by atoms with van der Waals surface area (Å²) < 4.78 is 7.36. The second-order valence-corrected chi connectivity index (χ2v) is 8.71. The third-order valence-corrected chi connectivity index (χ3v) is 6.96. The minimum Gasteiger partial charge on any atom is -0.497 e. The molecule has 7 nitrogen and oxygen atoms in total. The minimum atomic E-state index is -0.834. The molecule has 2 aromatic heterocycles. The third-order valence-electron chi connectivity index (χ3n) is 6.96. The summed E-state index contributed by atoms with van der Waals surface area (Å²) in [6.07, 6.45) is 8.89. The monoisotopic (exact) mass is 407 g/mol. The molecule has 1 saturated carbocycles. The van der Waals surface area contributed by atoms with Gasteiger partial charge in [-0.1, -0.05) is 18.6 Å². The van der Waals surface area contributed by atoms with Gasteiger partial charge in [-0.05, 0) is 25.0 Å². The number of piperidine rings is 1. The SMILES string of the molecule is COc1cccc(-c2[nH]ncc2CN2CC3CCCC(C2)C3(O)c2nccn2C)c1. The number of rotatable bonds is 5. The molecule has 2 N–H and O–H groups in total. The Labute approximate surface area is 176 Å². The van der Waals surface area contributed by atoms with Crippen molar-refractivity contribution in [3.8, 4) is 17.0 Å². The molecule has 2 aliphatic rings. The van der Waals surface area contributed by atoms with Crippen molar-refractivity contribution < 1.29 is 9.84 Å². The lowest BCUT2D eigenvalue weighted by molar-refractivity contribution is -0.155. The van der Waals surface area contributed by atoms with E-state index in [4.69, 9.17) is 4.74 Å². The summed E-state index contributed by atoms with van der Waals surface area (Å²) in [6, 6.07) is 8.05. The minimum absolute atomic E-state index is 0.193. The van der Waals surface area contributed by atoms with Gasteiger partial charge in [-0.3, -0.25) is 10.00 Å². The van der Waals surface area contributed by atoms with Crippen LogP contribution in [0.3, 0.4) is 0 Å². The zero-order valence-corrected chi connectivity index (χ0v) is 17.6. The number of imidazole rings is 1. The quantitative estimate of drug-likeness (QED) is 0.680. The first-order valence-corrected chi connectivity index (χ1v) is 10.7. The molecule has 3 heterocycles. The third kappa shape index (κ3) is 3.13. The normalized spacial score (nSPS) is 26.6. The van der Waals surface area contributed by atoms with Crippen LogP contribution in [0.4, 0.5) is 0 Å². The van der Waals surface area contributed by atoms with Crippen molar-refractivity contribution in [2.45, 2.75) is 31.4 Å². The van der Waals surface area contributed by atoms with E-state index in [1.165, 1.54) is 12.0 Å². The largest absolute Gasteiger partial charge is 0.497 e. The molecule has 2 fully saturated rings. The molecule has 1 aliphatic heterocycles. The van der Waals surface area contributed by atoms with Gasteiger partial charge in [0.15, 0.2) is 0 Å². The van der Waals surface area contributed by atoms with Gasteiger partial charge in [-0.15, -0.1) is 0 Å². The molecule has 30 heavy (non-hydrogen) atoms. The first-order chi connectivity index (χ1) is 14.6. The molecule has 3 aromatic rings. The highest BCUT2D eigenvalue weighted by atomic mass is 16.5. The van der Waals surface area contributed by atoms with E-state index in [2.05, 4.69) is 26.1 Å². The molecule has 0 radical (unpaired) electrons. The summed E-state index contributed by atoms with van der Waals surface area (Å²) >= 11 is 0. The highest BCUT2D eigenvalue weighted by molar-refractivity contribution is 5.64. The number of nitrogens with zero attached hydrogens (tertiary/aromatic N) is 4. The molecule has 158 valence electrons. The van der Waals surface area contributed by atoms with Gasteiger partial charge in [-0.25, -0.2) is 4.98 Å². The number of methoxy groups -OCH3 is 1. The van der Waals surface area contributed by atoms with E-state index >= 15 is 0 Å². The van der Waals surface area contributed by atoms with Crippen LogP contribution in [0.1, 0.15) is 30.7 Å². The fraction of sp³-hybridized carbons (Fsp3) is 0.478. The predicted octanol–water partition coefficient (Wildman–Crippen LogP) is 2.94. The predicted molar refractivity (Wildman–Crippen MR) is 114 cm³/mol. The van der Waals surface area contributed by atoms with Crippen LogP contribution in [-0.4, -0.2) is 50.0 Å². The number of benzene rings is 1. The summed E-state index contributed by atoms with van der Waals surface area (Å²) in [6.45, 7) is 2.54. The molecule has 7 heteroatoms. The van der Waals surface area contributed by atoms with Crippen LogP contribution in [0.25, 0.3) is 11.3 Å². The molecule has 0 amide bonds. The van der Waals surface area contributed by atoms with Crippen molar-refractivity contribution in [3.63, 3.8) is 0 Å². The van der Waals surface area contributed by atoms with Crippen molar-refractivity contribution in [1.29, 1.82) is 0 Å². The second kappa shape index (κ2) is 7.56. The van der Waals surface area contributed by atoms with E-state index in [-0.39, 0.29) is 11.8 Å². The zero-order chi connectivity index (χ0) is 20.7. The molecule has 2 bridgehead atoms. The van der Waals surface area contributed by atoms with Crippen molar-refractivity contribution in [2.75, 3.05) is 20.2 Å². The van der Waals surface area contributed by atoms with Crippen LogP contribution in [-0.2, 0) is 19.2 Å². The van der Waals surface area contributed by atoms with Crippen LogP contribution in [0.15, 0.2) is 42.9 Å². The molecule has 1 aliphatic carbocycles. The first kappa shape index (κ1) is 19.3. The van der Waals surface area contributed by atoms with Crippen molar-refractivity contribution in [2.24, 2.45) is 18.9 Å². The number of hydrogen-bond donors (Lipinski definition) is 2. The lowest BCUT2D eigenvalue weighted by Crippen LogP contribution is -2.58. The Morgan fingerprint density at radius 1 is 1.27 bits per heavy atom. The van der Waals surface area contributed by atoms with Gasteiger partial charge in [-0.2, -0.15) is 5.10 Å². The molecular formula is C23H29N5O2. The van der Waals surface area contributed by atoms with Gasteiger partial charge in [0.25, 0.3) is 0 Å². The highest BCUT2D eigenvalue weighted by Crippen LogP contribution is 2.48. The Kier molecular flexibility index (Phi) is 4.87. The summed E-state index contributed by atoms with van der Waals surface area (Å²) in [7, 11) is 3.66. The van der Waals surface area contributed by atoms with Crippen LogP contribution < -0.4 is 4.74 Å².